The predicted molar refractivity (Wildman–Crippen MR) is 132 cm³/mol. The van der Waals surface area contributed by atoms with Crippen molar-refractivity contribution in [3.8, 4) is 5.75 Å². The number of likely N-dealkylation sites (tertiary alicyclic amines) is 1. The van der Waals surface area contributed by atoms with Crippen molar-refractivity contribution in [1.29, 1.82) is 0 Å². The van der Waals surface area contributed by atoms with E-state index in [0.717, 1.165) is 57.1 Å². The van der Waals surface area contributed by atoms with Gasteiger partial charge in [-0.15, -0.1) is 0 Å². The van der Waals surface area contributed by atoms with Crippen molar-refractivity contribution in [3.63, 3.8) is 0 Å². The summed E-state index contributed by atoms with van der Waals surface area (Å²) in [6.45, 7) is 6.61. The minimum Gasteiger partial charge on any atom is -0.491 e. The third kappa shape index (κ3) is 7.20. The number of para-hydroxylation sites is 1. The molecule has 0 bridgehead atoms. The molecule has 0 unspecified atom stereocenters. The molecule has 1 saturated heterocycles. The topological polar surface area (TPSA) is 61.9 Å². The summed E-state index contributed by atoms with van der Waals surface area (Å²) in [5, 5.41) is 3.38. The number of hydrogen-bond acceptors (Lipinski definition) is 4. The van der Waals surface area contributed by atoms with Crippen LogP contribution >= 0.6 is 0 Å². The lowest BCUT2D eigenvalue weighted by Crippen LogP contribution is -2.54. The highest BCUT2D eigenvalue weighted by molar-refractivity contribution is 5.84. The second kappa shape index (κ2) is 11.9. The van der Waals surface area contributed by atoms with E-state index in [1.807, 2.05) is 36.0 Å². The van der Waals surface area contributed by atoms with E-state index in [9.17, 15) is 9.59 Å². The molecule has 0 radical (unpaired) electrons. The van der Waals surface area contributed by atoms with Crippen LogP contribution in [0.25, 0.3) is 0 Å². The number of carbonyl (C=O) groups excluding carboxylic acids is 2. The third-order valence-electron chi connectivity index (χ3n) is 7.11. The van der Waals surface area contributed by atoms with Gasteiger partial charge in [0, 0.05) is 13.1 Å². The molecule has 1 N–H and O–H groups in total. The van der Waals surface area contributed by atoms with E-state index >= 15 is 0 Å². The molecule has 184 valence electrons. The van der Waals surface area contributed by atoms with Gasteiger partial charge in [0.25, 0.3) is 0 Å². The SMILES string of the molecule is CC(C)C[C@H]1COc2ccccc2CCCCCC2(CCN(C(=O)CN(C)C)CC2)C(=O)N1. The largest absolute Gasteiger partial charge is 0.491 e. The summed E-state index contributed by atoms with van der Waals surface area (Å²) >= 11 is 0. The average molecular weight is 458 g/mol. The molecule has 6 nitrogen and oxygen atoms in total. The van der Waals surface area contributed by atoms with Crippen molar-refractivity contribution in [3.05, 3.63) is 29.8 Å². The van der Waals surface area contributed by atoms with Crippen molar-refractivity contribution in [2.75, 3.05) is 40.3 Å². The molecule has 1 aromatic carbocycles. The van der Waals surface area contributed by atoms with Gasteiger partial charge in [0.15, 0.2) is 0 Å². The zero-order chi connectivity index (χ0) is 23.8. The first-order valence-electron chi connectivity index (χ1n) is 12.7. The number of benzene rings is 1. The van der Waals surface area contributed by atoms with Crippen molar-refractivity contribution >= 4 is 11.8 Å². The fourth-order valence-electron chi connectivity index (χ4n) is 5.22. The molecule has 2 aliphatic heterocycles. The van der Waals surface area contributed by atoms with Gasteiger partial charge >= 0.3 is 0 Å². The number of ether oxygens (including phenoxy) is 1. The lowest BCUT2D eigenvalue weighted by molar-refractivity contribution is -0.142. The van der Waals surface area contributed by atoms with Crippen LogP contribution in [0, 0.1) is 11.3 Å². The number of amides is 2. The Morgan fingerprint density at radius 2 is 1.88 bits per heavy atom. The Bertz CT molecular complexity index is 785. The number of piperidine rings is 1. The maximum absolute atomic E-state index is 13.7. The first kappa shape index (κ1) is 25.5. The molecular weight excluding hydrogens is 414 g/mol. The molecule has 1 atom stereocenters. The summed E-state index contributed by atoms with van der Waals surface area (Å²) in [4.78, 5) is 30.1. The van der Waals surface area contributed by atoms with Gasteiger partial charge in [-0.25, -0.2) is 0 Å². The Labute approximate surface area is 200 Å². The molecule has 2 amide bonds. The molecule has 1 spiro atoms. The Kier molecular flexibility index (Phi) is 9.19. The van der Waals surface area contributed by atoms with Gasteiger partial charge in [-0.05, 0) is 70.2 Å². The van der Waals surface area contributed by atoms with Crippen LogP contribution < -0.4 is 10.1 Å². The normalized spacial score (nSPS) is 22.1. The maximum Gasteiger partial charge on any atom is 0.236 e. The highest BCUT2D eigenvalue weighted by atomic mass is 16.5. The highest BCUT2D eigenvalue weighted by Crippen LogP contribution is 2.38. The van der Waals surface area contributed by atoms with Crippen LogP contribution in [0.4, 0.5) is 0 Å². The summed E-state index contributed by atoms with van der Waals surface area (Å²) in [5.74, 6) is 1.72. The summed E-state index contributed by atoms with van der Waals surface area (Å²) in [7, 11) is 3.84. The van der Waals surface area contributed by atoms with E-state index in [4.69, 9.17) is 4.74 Å². The molecule has 0 aromatic heterocycles. The summed E-state index contributed by atoms with van der Waals surface area (Å²) < 4.78 is 6.25. The lowest BCUT2D eigenvalue weighted by atomic mass is 9.73. The third-order valence-corrected chi connectivity index (χ3v) is 7.11. The standard InChI is InChI=1S/C27H43N3O3/c1-21(2)18-23-20-33-24-12-8-7-11-22(24)10-6-5-9-13-27(26(32)28-23)14-16-30(17-15-27)25(31)19-29(3)4/h7-8,11-12,21,23H,5-6,9-10,13-20H2,1-4H3,(H,28,32)/t23-/m0/s1. The number of nitrogens with one attached hydrogen (secondary N) is 1. The minimum absolute atomic E-state index is 0.0170. The highest BCUT2D eigenvalue weighted by Gasteiger charge is 2.42. The van der Waals surface area contributed by atoms with Crippen LogP contribution in [-0.2, 0) is 16.0 Å². The molecule has 0 saturated carbocycles. The minimum atomic E-state index is -0.384. The van der Waals surface area contributed by atoms with Crippen LogP contribution in [0.3, 0.4) is 0 Å². The zero-order valence-corrected chi connectivity index (χ0v) is 21.1. The van der Waals surface area contributed by atoms with Crippen molar-refractivity contribution in [2.45, 2.75) is 71.3 Å². The predicted octanol–water partition coefficient (Wildman–Crippen LogP) is 3.88. The van der Waals surface area contributed by atoms with Crippen LogP contribution in [0.1, 0.15) is 64.4 Å². The van der Waals surface area contributed by atoms with Crippen molar-refractivity contribution in [2.24, 2.45) is 11.3 Å². The van der Waals surface area contributed by atoms with E-state index in [2.05, 4.69) is 31.3 Å². The van der Waals surface area contributed by atoms with E-state index in [1.165, 1.54) is 5.56 Å². The molecule has 6 heteroatoms. The van der Waals surface area contributed by atoms with E-state index < -0.39 is 0 Å². The van der Waals surface area contributed by atoms with Crippen LogP contribution in [0.15, 0.2) is 24.3 Å². The molecular formula is C27H43N3O3. The Balaban J connectivity index is 1.74. The second-order valence-electron chi connectivity index (χ2n) is 10.7. The molecule has 33 heavy (non-hydrogen) atoms. The molecule has 2 aliphatic rings. The number of fused-ring (bicyclic) bond motifs is 1. The number of rotatable bonds is 4. The number of hydrogen-bond donors (Lipinski definition) is 1. The number of likely N-dealkylation sites (N-methyl/N-ethyl adjacent to an activating group) is 1. The van der Waals surface area contributed by atoms with E-state index in [1.54, 1.807) is 0 Å². The molecule has 1 aromatic rings. The molecule has 0 aliphatic carbocycles. The average Bonchev–Trinajstić information content (AvgIpc) is 2.77. The van der Waals surface area contributed by atoms with Crippen LogP contribution in [-0.4, -0.2) is 68.0 Å². The monoisotopic (exact) mass is 457 g/mol. The number of carbonyl (C=O) groups is 2. The molecule has 1 fully saturated rings. The van der Waals surface area contributed by atoms with Gasteiger partial charge < -0.3 is 19.9 Å². The molecule has 2 heterocycles. The van der Waals surface area contributed by atoms with Gasteiger partial charge in [-0.3, -0.25) is 9.59 Å². The Morgan fingerprint density at radius 1 is 1.15 bits per heavy atom. The summed E-state index contributed by atoms with van der Waals surface area (Å²) in [6, 6.07) is 8.29. The fourth-order valence-corrected chi connectivity index (χ4v) is 5.22. The number of nitrogens with zero attached hydrogens (tertiary/aromatic N) is 2. The number of aryl methyl sites for hydroxylation is 1. The van der Waals surface area contributed by atoms with Gasteiger partial charge in [0.2, 0.25) is 11.8 Å². The fraction of sp³-hybridized carbons (Fsp3) is 0.704. The first-order chi connectivity index (χ1) is 15.8. The maximum atomic E-state index is 13.7. The second-order valence-corrected chi connectivity index (χ2v) is 10.7. The Morgan fingerprint density at radius 3 is 2.58 bits per heavy atom. The van der Waals surface area contributed by atoms with Crippen molar-refractivity contribution < 1.29 is 14.3 Å². The Hall–Kier alpha value is -2.08. The van der Waals surface area contributed by atoms with Crippen LogP contribution in [0.5, 0.6) is 5.75 Å². The van der Waals surface area contributed by atoms with Crippen molar-refractivity contribution in [1.82, 2.24) is 15.1 Å². The molecule has 3 rings (SSSR count). The zero-order valence-electron chi connectivity index (χ0n) is 21.1. The lowest BCUT2D eigenvalue weighted by Gasteiger charge is -2.42. The smallest absolute Gasteiger partial charge is 0.236 e. The quantitative estimate of drug-likeness (QED) is 0.745. The van der Waals surface area contributed by atoms with Gasteiger partial charge in [0.1, 0.15) is 12.4 Å². The summed E-state index contributed by atoms with van der Waals surface area (Å²) in [6.07, 6.45) is 7.51. The van der Waals surface area contributed by atoms with E-state index in [-0.39, 0.29) is 23.3 Å². The van der Waals surface area contributed by atoms with Gasteiger partial charge in [-0.2, -0.15) is 0 Å². The van der Waals surface area contributed by atoms with E-state index in [0.29, 0.717) is 32.2 Å². The summed E-state index contributed by atoms with van der Waals surface area (Å²) in [5.41, 5.74) is 0.874. The first-order valence-corrected chi connectivity index (χ1v) is 12.7. The van der Waals surface area contributed by atoms with Crippen LogP contribution in [0.2, 0.25) is 0 Å². The van der Waals surface area contributed by atoms with Gasteiger partial charge in [-0.1, -0.05) is 44.9 Å². The van der Waals surface area contributed by atoms with Gasteiger partial charge in [0.05, 0.1) is 18.0 Å².